The molecule has 1 saturated heterocycles. The summed E-state index contributed by atoms with van der Waals surface area (Å²) in [4.78, 5) is 0. The van der Waals surface area contributed by atoms with E-state index in [1.54, 1.807) is 6.07 Å². The first-order chi connectivity index (χ1) is 8.20. The molecule has 92 valence electrons. The van der Waals surface area contributed by atoms with Gasteiger partial charge in [0.15, 0.2) is 0 Å². The molecule has 0 amide bonds. The summed E-state index contributed by atoms with van der Waals surface area (Å²) in [6.07, 6.45) is 3.88. The SMILES string of the molecule is CC1CC2(CCNCC2c2cccc(F)c2)C1. The van der Waals surface area contributed by atoms with Crippen LogP contribution < -0.4 is 5.32 Å². The second-order valence-corrected chi connectivity index (χ2v) is 5.94. The van der Waals surface area contributed by atoms with Crippen LogP contribution in [0.3, 0.4) is 0 Å². The highest BCUT2D eigenvalue weighted by Crippen LogP contribution is 2.57. The van der Waals surface area contributed by atoms with Gasteiger partial charge in [0.05, 0.1) is 0 Å². The molecular weight excluding hydrogens is 213 g/mol. The minimum atomic E-state index is -0.101. The smallest absolute Gasteiger partial charge is 0.123 e. The molecule has 3 rings (SSSR count). The van der Waals surface area contributed by atoms with Crippen LogP contribution in [0.15, 0.2) is 24.3 Å². The van der Waals surface area contributed by atoms with Crippen LogP contribution in [0, 0.1) is 17.2 Å². The van der Waals surface area contributed by atoms with E-state index in [1.807, 2.05) is 6.07 Å². The minimum absolute atomic E-state index is 0.101. The molecule has 1 atom stereocenters. The maximum atomic E-state index is 13.4. The van der Waals surface area contributed by atoms with Crippen molar-refractivity contribution in [3.8, 4) is 0 Å². The van der Waals surface area contributed by atoms with Crippen molar-refractivity contribution < 1.29 is 4.39 Å². The summed E-state index contributed by atoms with van der Waals surface area (Å²) >= 11 is 0. The Bertz CT molecular complexity index is 404. The fourth-order valence-corrected chi connectivity index (χ4v) is 3.99. The summed E-state index contributed by atoms with van der Waals surface area (Å²) in [6, 6.07) is 7.19. The van der Waals surface area contributed by atoms with E-state index < -0.39 is 0 Å². The van der Waals surface area contributed by atoms with Crippen molar-refractivity contribution >= 4 is 0 Å². The van der Waals surface area contributed by atoms with Crippen LogP contribution in [0.5, 0.6) is 0 Å². The van der Waals surface area contributed by atoms with Crippen LogP contribution >= 0.6 is 0 Å². The molecule has 0 bridgehead atoms. The summed E-state index contributed by atoms with van der Waals surface area (Å²) < 4.78 is 13.4. The lowest BCUT2D eigenvalue weighted by molar-refractivity contribution is 0.00830. The number of benzene rings is 1. The number of hydrogen-bond acceptors (Lipinski definition) is 1. The van der Waals surface area contributed by atoms with E-state index in [4.69, 9.17) is 0 Å². The average molecular weight is 233 g/mol. The average Bonchev–Trinajstić information content (AvgIpc) is 2.28. The lowest BCUT2D eigenvalue weighted by Crippen LogP contribution is -2.50. The topological polar surface area (TPSA) is 12.0 Å². The van der Waals surface area contributed by atoms with Crippen molar-refractivity contribution in [2.45, 2.75) is 32.1 Å². The van der Waals surface area contributed by atoms with Crippen molar-refractivity contribution in [1.29, 1.82) is 0 Å². The summed E-state index contributed by atoms with van der Waals surface area (Å²) in [5, 5.41) is 3.47. The number of rotatable bonds is 1. The molecule has 2 fully saturated rings. The van der Waals surface area contributed by atoms with Crippen molar-refractivity contribution in [2.24, 2.45) is 11.3 Å². The molecule has 1 spiro atoms. The highest BCUT2D eigenvalue weighted by atomic mass is 19.1. The zero-order chi connectivity index (χ0) is 11.9. The normalized spacial score (nSPS) is 36.8. The van der Waals surface area contributed by atoms with Crippen LogP contribution in [0.25, 0.3) is 0 Å². The van der Waals surface area contributed by atoms with E-state index in [1.165, 1.54) is 30.9 Å². The van der Waals surface area contributed by atoms with Crippen LogP contribution in [0.1, 0.15) is 37.7 Å². The third kappa shape index (κ3) is 1.89. The quantitative estimate of drug-likeness (QED) is 0.784. The first kappa shape index (κ1) is 11.2. The van der Waals surface area contributed by atoms with Gasteiger partial charge in [-0.05, 0) is 54.8 Å². The van der Waals surface area contributed by atoms with Crippen LogP contribution in [-0.2, 0) is 0 Å². The summed E-state index contributed by atoms with van der Waals surface area (Å²) in [5.74, 6) is 1.25. The molecule has 1 N–H and O–H groups in total. The van der Waals surface area contributed by atoms with Gasteiger partial charge in [-0.15, -0.1) is 0 Å². The maximum absolute atomic E-state index is 13.4. The van der Waals surface area contributed by atoms with Gasteiger partial charge < -0.3 is 5.32 Å². The molecule has 1 aliphatic heterocycles. The summed E-state index contributed by atoms with van der Waals surface area (Å²) in [6.45, 7) is 4.46. The molecule has 1 aromatic carbocycles. The number of piperidine rings is 1. The summed E-state index contributed by atoms with van der Waals surface area (Å²) in [7, 11) is 0. The molecule has 17 heavy (non-hydrogen) atoms. The third-order valence-electron chi connectivity index (χ3n) is 4.65. The van der Waals surface area contributed by atoms with Gasteiger partial charge >= 0.3 is 0 Å². The molecule has 1 aliphatic carbocycles. The molecule has 2 heteroatoms. The zero-order valence-electron chi connectivity index (χ0n) is 10.4. The maximum Gasteiger partial charge on any atom is 0.123 e. The summed E-state index contributed by atoms with van der Waals surface area (Å²) in [5.41, 5.74) is 1.64. The number of nitrogens with one attached hydrogen (secondary N) is 1. The molecule has 1 nitrogen and oxygen atoms in total. The van der Waals surface area contributed by atoms with Crippen molar-refractivity contribution in [2.75, 3.05) is 13.1 Å². The Labute approximate surface area is 102 Å². The van der Waals surface area contributed by atoms with Gasteiger partial charge in [0, 0.05) is 12.5 Å². The van der Waals surface area contributed by atoms with E-state index in [9.17, 15) is 4.39 Å². The van der Waals surface area contributed by atoms with Crippen molar-refractivity contribution in [1.82, 2.24) is 5.32 Å². The van der Waals surface area contributed by atoms with Gasteiger partial charge in [-0.25, -0.2) is 4.39 Å². The number of halogens is 1. The Kier molecular flexibility index (Phi) is 2.70. The van der Waals surface area contributed by atoms with Crippen LogP contribution in [0.4, 0.5) is 4.39 Å². The van der Waals surface area contributed by atoms with Gasteiger partial charge in [0.25, 0.3) is 0 Å². The Morgan fingerprint density at radius 1 is 1.35 bits per heavy atom. The highest BCUT2D eigenvalue weighted by Gasteiger charge is 2.49. The fourth-order valence-electron chi connectivity index (χ4n) is 3.99. The molecule has 1 aromatic rings. The van der Waals surface area contributed by atoms with E-state index in [0.717, 1.165) is 19.0 Å². The van der Waals surface area contributed by atoms with Crippen LogP contribution in [0.2, 0.25) is 0 Å². The van der Waals surface area contributed by atoms with Gasteiger partial charge in [0.1, 0.15) is 5.82 Å². The minimum Gasteiger partial charge on any atom is -0.316 e. The second-order valence-electron chi connectivity index (χ2n) is 5.94. The third-order valence-corrected chi connectivity index (χ3v) is 4.65. The van der Waals surface area contributed by atoms with Gasteiger partial charge in [-0.2, -0.15) is 0 Å². The molecule has 1 heterocycles. The molecule has 1 unspecified atom stereocenters. The zero-order valence-corrected chi connectivity index (χ0v) is 10.4. The standard InChI is InChI=1S/C15H20FN/c1-11-8-15(9-11)5-6-17-10-14(15)12-3-2-4-13(16)7-12/h2-4,7,11,14,17H,5-6,8-10H2,1H3. The van der Waals surface area contributed by atoms with Crippen molar-refractivity contribution in [3.63, 3.8) is 0 Å². The van der Waals surface area contributed by atoms with E-state index in [2.05, 4.69) is 18.3 Å². The fraction of sp³-hybridized carbons (Fsp3) is 0.600. The van der Waals surface area contributed by atoms with E-state index in [0.29, 0.717) is 11.3 Å². The van der Waals surface area contributed by atoms with E-state index in [-0.39, 0.29) is 5.82 Å². The molecule has 1 saturated carbocycles. The lowest BCUT2D eigenvalue weighted by Gasteiger charge is -2.54. The number of hydrogen-bond donors (Lipinski definition) is 1. The molecule has 2 aliphatic rings. The first-order valence-corrected chi connectivity index (χ1v) is 6.66. The Balaban J connectivity index is 1.89. The van der Waals surface area contributed by atoms with E-state index >= 15 is 0 Å². The van der Waals surface area contributed by atoms with Gasteiger partial charge in [0.2, 0.25) is 0 Å². The van der Waals surface area contributed by atoms with Crippen molar-refractivity contribution in [3.05, 3.63) is 35.6 Å². The van der Waals surface area contributed by atoms with Gasteiger partial charge in [-0.3, -0.25) is 0 Å². The molecular formula is C15H20FN. The molecule has 0 radical (unpaired) electrons. The van der Waals surface area contributed by atoms with Gasteiger partial charge in [-0.1, -0.05) is 19.1 Å². The second kappa shape index (κ2) is 4.09. The Hall–Kier alpha value is -0.890. The van der Waals surface area contributed by atoms with Crippen LogP contribution in [-0.4, -0.2) is 13.1 Å². The predicted molar refractivity (Wildman–Crippen MR) is 67.5 cm³/mol. The molecule has 0 aromatic heterocycles. The Morgan fingerprint density at radius 3 is 2.88 bits per heavy atom. The predicted octanol–water partition coefficient (Wildman–Crippen LogP) is 3.32. The monoisotopic (exact) mass is 233 g/mol. The largest absolute Gasteiger partial charge is 0.316 e. The Morgan fingerprint density at radius 2 is 2.18 bits per heavy atom. The lowest BCUT2D eigenvalue weighted by atomic mass is 9.52. The highest BCUT2D eigenvalue weighted by molar-refractivity contribution is 5.26. The first-order valence-electron chi connectivity index (χ1n) is 6.66.